The van der Waals surface area contributed by atoms with Crippen molar-refractivity contribution < 1.29 is 4.58 Å². The van der Waals surface area contributed by atoms with Crippen molar-refractivity contribution in [2.45, 2.75) is 45.6 Å². The van der Waals surface area contributed by atoms with Gasteiger partial charge < -0.3 is 0 Å². The van der Waals surface area contributed by atoms with Gasteiger partial charge in [-0.1, -0.05) is 13.8 Å². The highest BCUT2D eigenvalue weighted by Crippen LogP contribution is 2.20. The fraction of sp³-hybridized carbons (Fsp3) is 0.923. The molecule has 86 valence electrons. The minimum absolute atomic E-state index is 0.839. The Kier molecular flexibility index (Phi) is 3.45. The molecule has 0 radical (unpaired) electrons. The second kappa shape index (κ2) is 4.65. The van der Waals surface area contributed by atoms with Crippen LogP contribution in [0, 0.1) is 5.92 Å². The highest BCUT2D eigenvalue weighted by atomic mass is 15.2. The lowest BCUT2D eigenvalue weighted by molar-refractivity contribution is -0.564. The number of hydrogen-bond acceptors (Lipinski definition) is 1. The van der Waals surface area contributed by atoms with Gasteiger partial charge in [0.05, 0.1) is 13.1 Å². The smallest absolute Gasteiger partial charge is 0.167 e. The number of fused-ring (bicyclic) bond motifs is 1. The van der Waals surface area contributed by atoms with Crippen molar-refractivity contribution in [2.24, 2.45) is 5.92 Å². The second-order valence-corrected chi connectivity index (χ2v) is 5.68. The summed E-state index contributed by atoms with van der Waals surface area (Å²) in [7, 11) is 2.25. The van der Waals surface area contributed by atoms with Crippen LogP contribution in [0.3, 0.4) is 0 Å². The van der Waals surface area contributed by atoms with Gasteiger partial charge in [-0.15, -0.1) is 0 Å². The van der Waals surface area contributed by atoms with E-state index in [0.29, 0.717) is 0 Å². The van der Waals surface area contributed by atoms with Crippen molar-refractivity contribution in [3.8, 4) is 0 Å². The largest absolute Gasteiger partial charge is 0.291 e. The van der Waals surface area contributed by atoms with Crippen LogP contribution in [-0.2, 0) is 0 Å². The average Bonchev–Trinajstić information content (AvgIpc) is 2.42. The summed E-state index contributed by atoms with van der Waals surface area (Å²) in [6.07, 6.45) is 5.52. The number of hydrogen-bond donors (Lipinski definition) is 0. The molecular weight excluding hydrogens is 184 g/mol. The predicted molar refractivity (Wildman–Crippen MR) is 64.7 cm³/mol. The molecule has 1 unspecified atom stereocenters. The molecule has 0 amide bonds. The van der Waals surface area contributed by atoms with E-state index < -0.39 is 0 Å². The molecule has 1 atom stereocenters. The molecule has 0 aromatic heterocycles. The van der Waals surface area contributed by atoms with Crippen LogP contribution in [0.5, 0.6) is 0 Å². The summed E-state index contributed by atoms with van der Waals surface area (Å²) in [5.41, 5.74) is 1.71. The number of likely N-dealkylation sites (N-methyl/N-ethyl adjacent to an activating group) is 1. The molecule has 2 heterocycles. The van der Waals surface area contributed by atoms with Crippen molar-refractivity contribution >= 4 is 5.71 Å². The van der Waals surface area contributed by atoms with Gasteiger partial charge in [0, 0.05) is 19.3 Å². The molecule has 0 saturated heterocycles. The first-order chi connectivity index (χ1) is 7.16. The van der Waals surface area contributed by atoms with Gasteiger partial charge in [-0.3, -0.25) is 4.90 Å². The highest BCUT2D eigenvalue weighted by Gasteiger charge is 2.37. The third kappa shape index (κ3) is 2.60. The van der Waals surface area contributed by atoms with E-state index in [1.54, 1.807) is 5.71 Å². The van der Waals surface area contributed by atoms with Gasteiger partial charge in [0.1, 0.15) is 6.54 Å². The van der Waals surface area contributed by atoms with Gasteiger partial charge in [-0.05, 0) is 19.4 Å². The molecule has 2 aliphatic heterocycles. The fourth-order valence-corrected chi connectivity index (χ4v) is 3.00. The Morgan fingerprint density at radius 1 is 1.47 bits per heavy atom. The van der Waals surface area contributed by atoms with E-state index in [4.69, 9.17) is 0 Å². The third-order valence-corrected chi connectivity index (χ3v) is 3.77. The van der Waals surface area contributed by atoms with Crippen LogP contribution in [0.25, 0.3) is 0 Å². The summed E-state index contributed by atoms with van der Waals surface area (Å²) in [5.74, 6) is 0.861. The van der Waals surface area contributed by atoms with Crippen molar-refractivity contribution in [1.29, 1.82) is 0 Å². The topological polar surface area (TPSA) is 6.25 Å². The maximum atomic E-state index is 2.71. The summed E-state index contributed by atoms with van der Waals surface area (Å²) in [6, 6.07) is 0.839. The first kappa shape index (κ1) is 11.1. The van der Waals surface area contributed by atoms with Crippen molar-refractivity contribution in [3.05, 3.63) is 0 Å². The highest BCUT2D eigenvalue weighted by molar-refractivity contribution is 5.83. The first-order valence-electron chi connectivity index (χ1n) is 6.46. The molecule has 0 aliphatic carbocycles. The average molecular weight is 209 g/mol. The minimum atomic E-state index is 0.839. The van der Waals surface area contributed by atoms with Gasteiger partial charge >= 0.3 is 0 Å². The SMILES string of the molecule is CC(C)CCC[N+]1=C2CCC1CN(C)C2. The lowest BCUT2D eigenvalue weighted by Gasteiger charge is -2.23. The molecule has 0 fully saturated rings. The Labute approximate surface area is 94.0 Å². The third-order valence-electron chi connectivity index (χ3n) is 3.77. The first-order valence-corrected chi connectivity index (χ1v) is 6.46. The molecular formula is C13H25N2+. The van der Waals surface area contributed by atoms with E-state index in [1.165, 1.54) is 45.3 Å². The van der Waals surface area contributed by atoms with Crippen LogP contribution in [0.2, 0.25) is 0 Å². The molecule has 0 aromatic rings. The van der Waals surface area contributed by atoms with Gasteiger partial charge in [-0.2, -0.15) is 0 Å². The van der Waals surface area contributed by atoms with Gasteiger partial charge in [0.25, 0.3) is 0 Å². The molecule has 2 nitrogen and oxygen atoms in total. The Morgan fingerprint density at radius 3 is 2.93 bits per heavy atom. The van der Waals surface area contributed by atoms with Crippen molar-refractivity contribution in [1.82, 2.24) is 4.90 Å². The van der Waals surface area contributed by atoms with Crippen molar-refractivity contribution in [3.63, 3.8) is 0 Å². The summed E-state index contributed by atoms with van der Waals surface area (Å²) in [4.78, 5) is 2.48. The Bertz CT molecular complexity index is 255. The minimum Gasteiger partial charge on any atom is -0.291 e. The van der Waals surface area contributed by atoms with Crippen LogP contribution >= 0.6 is 0 Å². The molecule has 0 saturated carbocycles. The normalized spacial score (nSPS) is 26.8. The van der Waals surface area contributed by atoms with E-state index in [1.807, 2.05) is 0 Å². The fourth-order valence-electron chi connectivity index (χ4n) is 3.00. The second-order valence-electron chi connectivity index (χ2n) is 5.68. The molecule has 15 heavy (non-hydrogen) atoms. The summed E-state index contributed by atoms with van der Waals surface area (Å²) < 4.78 is 2.71. The lowest BCUT2D eigenvalue weighted by Crippen LogP contribution is -2.44. The molecule has 2 bridgehead atoms. The van der Waals surface area contributed by atoms with Crippen molar-refractivity contribution in [2.75, 3.05) is 26.7 Å². The maximum absolute atomic E-state index is 2.71. The zero-order chi connectivity index (χ0) is 10.8. The Morgan fingerprint density at radius 2 is 2.27 bits per heavy atom. The van der Waals surface area contributed by atoms with Crippen LogP contribution in [0.15, 0.2) is 0 Å². The van der Waals surface area contributed by atoms with Gasteiger partial charge in [0.15, 0.2) is 11.8 Å². The molecule has 2 rings (SSSR count). The van der Waals surface area contributed by atoms with E-state index >= 15 is 0 Å². The Balaban J connectivity index is 1.89. The number of nitrogens with zero attached hydrogens (tertiary/aromatic N) is 2. The van der Waals surface area contributed by atoms with E-state index in [0.717, 1.165) is 12.0 Å². The van der Waals surface area contributed by atoms with Gasteiger partial charge in [0.2, 0.25) is 0 Å². The van der Waals surface area contributed by atoms with E-state index in [2.05, 4.69) is 30.4 Å². The lowest BCUT2D eigenvalue weighted by atomic mass is 10.1. The molecule has 0 spiro atoms. The Hall–Kier alpha value is -0.370. The van der Waals surface area contributed by atoms with E-state index in [-0.39, 0.29) is 0 Å². The molecule has 0 aromatic carbocycles. The van der Waals surface area contributed by atoms with Crippen LogP contribution in [0.1, 0.15) is 39.5 Å². The quantitative estimate of drug-likeness (QED) is 0.642. The molecule has 2 heteroatoms. The molecule has 2 aliphatic rings. The zero-order valence-electron chi connectivity index (χ0n) is 10.5. The molecule has 0 N–H and O–H groups in total. The number of likely N-dealkylation sites (tertiary alicyclic amines) is 1. The number of rotatable bonds is 4. The summed E-state index contributed by atoms with van der Waals surface area (Å²) in [5, 5.41) is 0. The van der Waals surface area contributed by atoms with Gasteiger partial charge in [-0.25, -0.2) is 4.58 Å². The summed E-state index contributed by atoms with van der Waals surface area (Å²) in [6.45, 7) is 8.47. The van der Waals surface area contributed by atoms with Crippen LogP contribution in [0.4, 0.5) is 0 Å². The summed E-state index contributed by atoms with van der Waals surface area (Å²) >= 11 is 0. The maximum Gasteiger partial charge on any atom is 0.167 e. The standard InChI is InChI=1S/C13H25N2/c1-11(2)5-4-8-15-12-6-7-13(15)10-14(3)9-12/h11-12H,4-10H2,1-3H3/q+1. The van der Waals surface area contributed by atoms with Crippen LogP contribution in [-0.4, -0.2) is 47.9 Å². The monoisotopic (exact) mass is 209 g/mol. The van der Waals surface area contributed by atoms with Crippen LogP contribution < -0.4 is 0 Å². The van der Waals surface area contributed by atoms with E-state index in [9.17, 15) is 0 Å². The zero-order valence-corrected chi connectivity index (χ0v) is 10.5. The predicted octanol–water partition coefficient (Wildman–Crippen LogP) is 1.98.